The van der Waals surface area contributed by atoms with Gasteiger partial charge in [0.1, 0.15) is 11.4 Å². The van der Waals surface area contributed by atoms with E-state index in [9.17, 15) is 18.8 Å². The molecule has 0 bridgehead atoms. The van der Waals surface area contributed by atoms with Crippen LogP contribution < -0.4 is 10.6 Å². The van der Waals surface area contributed by atoms with Gasteiger partial charge in [-0.1, -0.05) is 18.9 Å². The molecule has 2 N–H and O–H groups in total. The van der Waals surface area contributed by atoms with Crippen molar-refractivity contribution < 1.29 is 18.8 Å². The lowest BCUT2D eigenvalue weighted by molar-refractivity contribution is -0.131. The first-order chi connectivity index (χ1) is 11.0. The van der Waals surface area contributed by atoms with E-state index in [2.05, 4.69) is 10.6 Å². The molecule has 2 fully saturated rings. The second-order valence-corrected chi connectivity index (χ2v) is 5.98. The summed E-state index contributed by atoms with van der Waals surface area (Å²) in [6.07, 6.45) is 3.12. The van der Waals surface area contributed by atoms with E-state index in [1.807, 2.05) is 0 Å². The van der Waals surface area contributed by atoms with Gasteiger partial charge in [0.05, 0.1) is 0 Å². The smallest absolute Gasteiger partial charge is 0.325 e. The van der Waals surface area contributed by atoms with Crippen LogP contribution in [0, 0.1) is 5.82 Å². The highest BCUT2D eigenvalue weighted by Gasteiger charge is 2.52. The number of hydrogen-bond donors (Lipinski definition) is 2. The molecule has 1 aromatic rings. The predicted octanol–water partition coefficient (Wildman–Crippen LogP) is 2.02. The van der Waals surface area contributed by atoms with Gasteiger partial charge in [0.25, 0.3) is 5.91 Å². The van der Waals surface area contributed by atoms with Crippen LogP contribution in [-0.4, -0.2) is 34.8 Å². The second-order valence-electron chi connectivity index (χ2n) is 5.98. The first-order valence-electron chi connectivity index (χ1n) is 7.70. The molecule has 0 radical (unpaired) electrons. The molecular formula is C16H18FN3O3. The first kappa shape index (κ1) is 15.5. The third-order valence-corrected chi connectivity index (χ3v) is 4.37. The number of nitrogens with one attached hydrogen (secondary N) is 2. The van der Waals surface area contributed by atoms with Gasteiger partial charge in [-0.15, -0.1) is 0 Å². The van der Waals surface area contributed by atoms with Crippen molar-refractivity contribution in [3.05, 3.63) is 30.1 Å². The van der Waals surface area contributed by atoms with Gasteiger partial charge in [0.15, 0.2) is 0 Å². The lowest BCUT2D eigenvalue weighted by Gasteiger charge is -2.19. The Labute approximate surface area is 133 Å². The van der Waals surface area contributed by atoms with E-state index in [0.29, 0.717) is 18.5 Å². The summed E-state index contributed by atoms with van der Waals surface area (Å²) >= 11 is 0. The second kappa shape index (κ2) is 5.98. The Bertz CT molecular complexity index is 656. The number of nitrogens with zero attached hydrogens (tertiary/aromatic N) is 1. The number of halogens is 1. The molecule has 7 heteroatoms. The summed E-state index contributed by atoms with van der Waals surface area (Å²) in [5.41, 5.74) is -0.407. The topological polar surface area (TPSA) is 78.5 Å². The Kier molecular flexibility index (Phi) is 4.02. The van der Waals surface area contributed by atoms with Crippen molar-refractivity contribution in [2.45, 2.75) is 37.6 Å². The molecule has 0 aromatic heterocycles. The fraction of sp³-hybridized carbons (Fsp3) is 0.438. The summed E-state index contributed by atoms with van der Waals surface area (Å²) in [5.74, 6) is -1.05. The summed E-state index contributed by atoms with van der Waals surface area (Å²) in [6.45, 7) is 0.0214. The fourth-order valence-electron chi connectivity index (χ4n) is 3.20. The highest BCUT2D eigenvalue weighted by atomic mass is 19.1. The molecule has 2 aliphatic rings. The summed E-state index contributed by atoms with van der Waals surface area (Å²) in [6, 6.07) is 5.12. The number of imide groups is 1. The number of rotatable bonds is 4. The molecule has 1 saturated carbocycles. The maximum Gasteiger partial charge on any atom is 0.325 e. The summed E-state index contributed by atoms with van der Waals surface area (Å²) in [4.78, 5) is 37.4. The molecule has 0 atom stereocenters. The number of anilines is 1. The van der Waals surface area contributed by atoms with Gasteiger partial charge in [-0.25, -0.2) is 9.18 Å². The SMILES string of the molecule is O=C(CCN1C(=O)NC2(CCCC2)C1=O)Nc1cccc(F)c1. The van der Waals surface area contributed by atoms with Crippen LogP contribution in [0.3, 0.4) is 0 Å². The number of amides is 4. The van der Waals surface area contributed by atoms with Crippen molar-refractivity contribution in [1.29, 1.82) is 0 Å². The van der Waals surface area contributed by atoms with Gasteiger partial charge < -0.3 is 10.6 Å². The van der Waals surface area contributed by atoms with E-state index in [1.165, 1.54) is 18.2 Å². The molecule has 1 aliphatic carbocycles. The molecular weight excluding hydrogens is 301 g/mol. The van der Waals surface area contributed by atoms with Crippen LogP contribution in [0.25, 0.3) is 0 Å². The minimum absolute atomic E-state index is 0.0214. The molecule has 1 heterocycles. The minimum Gasteiger partial charge on any atom is -0.326 e. The largest absolute Gasteiger partial charge is 0.326 e. The molecule has 6 nitrogen and oxygen atoms in total. The zero-order valence-electron chi connectivity index (χ0n) is 12.6. The van der Waals surface area contributed by atoms with Crippen LogP contribution >= 0.6 is 0 Å². The average molecular weight is 319 g/mol. The normalized spacial score (nSPS) is 19.3. The van der Waals surface area contributed by atoms with Gasteiger partial charge >= 0.3 is 6.03 Å². The van der Waals surface area contributed by atoms with E-state index in [0.717, 1.165) is 17.7 Å². The Balaban J connectivity index is 1.56. The van der Waals surface area contributed by atoms with Crippen molar-refractivity contribution in [2.75, 3.05) is 11.9 Å². The van der Waals surface area contributed by atoms with E-state index in [4.69, 9.17) is 0 Å². The lowest BCUT2D eigenvalue weighted by Crippen LogP contribution is -2.44. The third-order valence-electron chi connectivity index (χ3n) is 4.37. The van der Waals surface area contributed by atoms with Crippen LogP contribution in [0.4, 0.5) is 14.9 Å². The lowest BCUT2D eigenvalue weighted by atomic mass is 9.98. The molecule has 23 heavy (non-hydrogen) atoms. The summed E-state index contributed by atoms with van der Waals surface area (Å²) < 4.78 is 13.1. The number of carbonyl (C=O) groups excluding carboxylic acids is 3. The number of benzene rings is 1. The fourth-order valence-corrected chi connectivity index (χ4v) is 3.20. The summed E-state index contributed by atoms with van der Waals surface area (Å²) in [5, 5.41) is 5.31. The Hall–Kier alpha value is -2.44. The maximum absolute atomic E-state index is 13.1. The molecule has 1 aliphatic heterocycles. The number of hydrogen-bond acceptors (Lipinski definition) is 3. The monoisotopic (exact) mass is 319 g/mol. The Morgan fingerprint density at radius 1 is 1.30 bits per heavy atom. The van der Waals surface area contributed by atoms with Crippen molar-refractivity contribution in [3.63, 3.8) is 0 Å². The van der Waals surface area contributed by atoms with Crippen LogP contribution in [0.2, 0.25) is 0 Å². The van der Waals surface area contributed by atoms with Gasteiger partial charge in [-0.2, -0.15) is 0 Å². The van der Waals surface area contributed by atoms with Gasteiger partial charge in [0.2, 0.25) is 5.91 Å². The maximum atomic E-state index is 13.1. The molecule has 122 valence electrons. The van der Waals surface area contributed by atoms with Crippen molar-refractivity contribution in [2.24, 2.45) is 0 Å². The number of urea groups is 1. The standard InChI is InChI=1S/C16H18FN3O3/c17-11-4-3-5-12(10-11)18-13(21)6-9-20-14(22)16(19-15(20)23)7-1-2-8-16/h3-5,10H,1-2,6-9H2,(H,18,21)(H,19,23). The van der Waals surface area contributed by atoms with Crippen molar-refractivity contribution in [1.82, 2.24) is 10.2 Å². The molecule has 3 rings (SSSR count). The molecule has 1 saturated heterocycles. The summed E-state index contributed by atoms with van der Waals surface area (Å²) in [7, 11) is 0. The highest BCUT2D eigenvalue weighted by molar-refractivity contribution is 6.07. The zero-order valence-corrected chi connectivity index (χ0v) is 12.6. The zero-order chi connectivity index (χ0) is 16.4. The van der Waals surface area contributed by atoms with Gasteiger partial charge in [-0.05, 0) is 31.0 Å². The van der Waals surface area contributed by atoms with Crippen molar-refractivity contribution in [3.8, 4) is 0 Å². The van der Waals surface area contributed by atoms with Crippen LogP contribution in [0.15, 0.2) is 24.3 Å². The molecule has 4 amide bonds. The van der Waals surface area contributed by atoms with Crippen LogP contribution in [0.1, 0.15) is 32.1 Å². The highest BCUT2D eigenvalue weighted by Crippen LogP contribution is 2.35. The molecule has 1 aromatic carbocycles. The molecule has 1 spiro atoms. The van der Waals surface area contributed by atoms with Gasteiger partial charge in [-0.3, -0.25) is 14.5 Å². The third kappa shape index (κ3) is 3.04. The van der Waals surface area contributed by atoms with Gasteiger partial charge in [0, 0.05) is 18.7 Å². The Morgan fingerprint density at radius 2 is 2.04 bits per heavy atom. The predicted molar refractivity (Wildman–Crippen MR) is 81.1 cm³/mol. The first-order valence-corrected chi connectivity index (χ1v) is 7.70. The van der Waals surface area contributed by atoms with Crippen LogP contribution in [0.5, 0.6) is 0 Å². The minimum atomic E-state index is -0.754. The van der Waals surface area contributed by atoms with E-state index >= 15 is 0 Å². The quantitative estimate of drug-likeness (QED) is 0.833. The van der Waals surface area contributed by atoms with Crippen molar-refractivity contribution >= 4 is 23.5 Å². The van der Waals surface area contributed by atoms with E-state index in [1.54, 1.807) is 6.07 Å². The Morgan fingerprint density at radius 3 is 2.74 bits per heavy atom. The van der Waals surface area contributed by atoms with E-state index in [-0.39, 0.29) is 24.8 Å². The average Bonchev–Trinajstić information content (AvgIpc) is 3.04. The molecule has 0 unspecified atom stereocenters. The number of carbonyl (C=O) groups is 3. The van der Waals surface area contributed by atoms with Crippen LogP contribution in [-0.2, 0) is 9.59 Å². The van der Waals surface area contributed by atoms with E-state index < -0.39 is 17.4 Å².